The van der Waals surface area contributed by atoms with Gasteiger partial charge in [0.15, 0.2) is 11.5 Å². The Bertz CT molecular complexity index is 419. The van der Waals surface area contributed by atoms with Crippen molar-refractivity contribution in [2.24, 2.45) is 0 Å². The molecule has 0 saturated heterocycles. The van der Waals surface area contributed by atoms with Gasteiger partial charge in [-0.3, -0.25) is 4.90 Å². The average molecular weight is 263 g/mol. The first kappa shape index (κ1) is 14.2. The summed E-state index contributed by atoms with van der Waals surface area (Å²) in [6, 6.07) is 7.45. The maximum Gasteiger partial charge on any atom is 0.231 e. The van der Waals surface area contributed by atoms with E-state index in [4.69, 9.17) is 9.47 Å². The Morgan fingerprint density at radius 1 is 1.11 bits per heavy atom. The minimum absolute atomic E-state index is 0.349. The number of likely N-dealkylation sites (N-methyl/N-ethyl adjacent to an activating group) is 1. The fourth-order valence-corrected chi connectivity index (χ4v) is 2.82. The van der Waals surface area contributed by atoms with Gasteiger partial charge in [-0.2, -0.15) is 0 Å². The van der Waals surface area contributed by atoms with E-state index < -0.39 is 0 Å². The Morgan fingerprint density at radius 3 is 2.53 bits per heavy atom. The molecule has 0 bridgehead atoms. The highest BCUT2D eigenvalue weighted by Gasteiger charge is 2.19. The monoisotopic (exact) mass is 263 g/mol. The van der Waals surface area contributed by atoms with Gasteiger partial charge in [-0.1, -0.05) is 19.9 Å². The van der Waals surface area contributed by atoms with Gasteiger partial charge in [0, 0.05) is 12.1 Å². The van der Waals surface area contributed by atoms with E-state index in [2.05, 4.69) is 44.7 Å². The van der Waals surface area contributed by atoms with Gasteiger partial charge >= 0.3 is 0 Å². The molecule has 19 heavy (non-hydrogen) atoms. The van der Waals surface area contributed by atoms with Crippen molar-refractivity contribution in [2.45, 2.75) is 52.6 Å². The van der Waals surface area contributed by atoms with E-state index in [1.807, 2.05) is 6.07 Å². The van der Waals surface area contributed by atoms with E-state index in [0.29, 0.717) is 18.9 Å². The summed E-state index contributed by atoms with van der Waals surface area (Å²) >= 11 is 0. The quantitative estimate of drug-likeness (QED) is 0.784. The predicted octanol–water partition coefficient (Wildman–Crippen LogP) is 3.47. The molecular weight excluding hydrogens is 238 g/mol. The molecule has 1 heterocycles. The second-order valence-electron chi connectivity index (χ2n) is 5.33. The zero-order chi connectivity index (χ0) is 13.8. The number of rotatable bonds is 6. The first-order valence-electron chi connectivity index (χ1n) is 7.30. The number of fused-ring (bicyclic) bond motifs is 1. The van der Waals surface area contributed by atoms with Crippen LogP contribution in [-0.2, 0) is 6.42 Å². The highest BCUT2D eigenvalue weighted by molar-refractivity contribution is 5.44. The molecule has 3 nitrogen and oxygen atoms in total. The predicted molar refractivity (Wildman–Crippen MR) is 77.9 cm³/mol. The molecule has 0 amide bonds. The smallest absolute Gasteiger partial charge is 0.231 e. The standard InChI is InChI=1S/C16H25NO2/c1-5-12(3)17(6-2)13(4)9-14-7-8-15-16(10-14)19-11-18-15/h7-8,10,12-13H,5-6,9,11H2,1-4H3. The Morgan fingerprint density at radius 2 is 1.84 bits per heavy atom. The number of ether oxygens (including phenoxy) is 2. The van der Waals surface area contributed by atoms with Crippen LogP contribution >= 0.6 is 0 Å². The van der Waals surface area contributed by atoms with Crippen molar-refractivity contribution in [3.05, 3.63) is 23.8 Å². The molecule has 2 atom stereocenters. The van der Waals surface area contributed by atoms with Gasteiger partial charge in [-0.05, 0) is 50.9 Å². The molecule has 1 aromatic rings. The van der Waals surface area contributed by atoms with Crippen LogP contribution in [0.3, 0.4) is 0 Å². The number of hydrogen-bond donors (Lipinski definition) is 0. The average Bonchev–Trinajstić information content (AvgIpc) is 2.86. The van der Waals surface area contributed by atoms with E-state index in [0.717, 1.165) is 24.5 Å². The lowest BCUT2D eigenvalue weighted by Gasteiger charge is -2.33. The molecular formula is C16H25NO2. The largest absolute Gasteiger partial charge is 0.454 e. The summed E-state index contributed by atoms with van der Waals surface area (Å²) < 4.78 is 10.8. The van der Waals surface area contributed by atoms with Crippen LogP contribution in [0, 0.1) is 0 Å². The fourth-order valence-electron chi connectivity index (χ4n) is 2.82. The van der Waals surface area contributed by atoms with Gasteiger partial charge in [0.2, 0.25) is 6.79 Å². The van der Waals surface area contributed by atoms with E-state index in [-0.39, 0.29) is 0 Å². The number of hydrogen-bond acceptors (Lipinski definition) is 3. The molecule has 2 rings (SSSR count). The van der Waals surface area contributed by atoms with Gasteiger partial charge in [0.05, 0.1) is 0 Å². The van der Waals surface area contributed by atoms with Gasteiger partial charge in [-0.15, -0.1) is 0 Å². The molecule has 1 aliphatic rings. The number of benzene rings is 1. The van der Waals surface area contributed by atoms with Crippen molar-refractivity contribution in [3.63, 3.8) is 0 Å². The zero-order valence-electron chi connectivity index (χ0n) is 12.5. The molecule has 0 N–H and O–H groups in total. The SMILES string of the molecule is CCC(C)N(CC)C(C)Cc1ccc2c(c1)OCO2. The lowest BCUT2D eigenvalue weighted by atomic mass is 10.0. The lowest BCUT2D eigenvalue weighted by Crippen LogP contribution is -2.40. The molecule has 1 aliphatic heterocycles. The molecule has 0 saturated carbocycles. The van der Waals surface area contributed by atoms with Crippen LogP contribution in [0.4, 0.5) is 0 Å². The van der Waals surface area contributed by atoms with Crippen molar-refractivity contribution in [1.29, 1.82) is 0 Å². The van der Waals surface area contributed by atoms with Crippen LogP contribution in [0.1, 0.15) is 39.7 Å². The first-order valence-corrected chi connectivity index (χ1v) is 7.30. The molecule has 1 aromatic carbocycles. The number of nitrogens with zero attached hydrogens (tertiary/aromatic N) is 1. The molecule has 0 aliphatic carbocycles. The summed E-state index contributed by atoms with van der Waals surface area (Å²) in [4.78, 5) is 2.56. The van der Waals surface area contributed by atoms with E-state index >= 15 is 0 Å². The zero-order valence-corrected chi connectivity index (χ0v) is 12.5. The summed E-state index contributed by atoms with van der Waals surface area (Å²) in [5.74, 6) is 1.75. The highest BCUT2D eigenvalue weighted by atomic mass is 16.7. The van der Waals surface area contributed by atoms with Crippen molar-refractivity contribution in [2.75, 3.05) is 13.3 Å². The third kappa shape index (κ3) is 3.21. The van der Waals surface area contributed by atoms with Crippen LogP contribution in [0.25, 0.3) is 0 Å². The highest BCUT2D eigenvalue weighted by Crippen LogP contribution is 2.33. The molecule has 106 valence electrons. The van der Waals surface area contributed by atoms with Crippen molar-refractivity contribution in [3.8, 4) is 11.5 Å². The molecule has 0 radical (unpaired) electrons. The third-order valence-electron chi connectivity index (χ3n) is 4.06. The van der Waals surface area contributed by atoms with Crippen molar-refractivity contribution >= 4 is 0 Å². The van der Waals surface area contributed by atoms with E-state index in [1.165, 1.54) is 12.0 Å². The van der Waals surface area contributed by atoms with Crippen LogP contribution in [0.2, 0.25) is 0 Å². The topological polar surface area (TPSA) is 21.7 Å². The second-order valence-corrected chi connectivity index (χ2v) is 5.33. The van der Waals surface area contributed by atoms with Crippen molar-refractivity contribution < 1.29 is 9.47 Å². The summed E-state index contributed by atoms with van der Waals surface area (Å²) in [5, 5.41) is 0. The maximum atomic E-state index is 5.44. The Kier molecular flexibility index (Phi) is 4.70. The van der Waals surface area contributed by atoms with Gasteiger partial charge in [0.1, 0.15) is 0 Å². The summed E-state index contributed by atoms with van der Waals surface area (Å²) in [6.45, 7) is 10.5. The first-order chi connectivity index (χ1) is 9.15. The summed E-state index contributed by atoms with van der Waals surface area (Å²) in [7, 11) is 0. The van der Waals surface area contributed by atoms with E-state index in [9.17, 15) is 0 Å². The Balaban J connectivity index is 2.03. The summed E-state index contributed by atoms with van der Waals surface area (Å²) in [6.07, 6.45) is 2.24. The van der Waals surface area contributed by atoms with E-state index in [1.54, 1.807) is 0 Å². The van der Waals surface area contributed by atoms with Gasteiger partial charge in [-0.25, -0.2) is 0 Å². The minimum Gasteiger partial charge on any atom is -0.454 e. The fraction of sp³-hybridized carbons (Fsp3) is 0.625. The van der Waals surface area contributed by atoms with Crippen molar-refractivity contribution in [1.82, 2.24) is 4.90 Å². The maximum absolute atomic E-state index is 5.44. The van der Waals surface area contributed by atoms with Gasteiger partial charge < -0.3 is 9.47 Å². The normalized spacial score (nSPS) is 16.7. The van der Waals surface area contributed by atoms with Crippen LogP contribution in [0.15, 0.2) is 18.2 Å². The second kappa shape index (κ2) is 6.29. The van der Waals surface area contributed by atoms with Crippen LogP contribution in [0.5, 0.6) is 11.5 Å². The molecule has 2 unspecified atom stereocenters. The molecule has 3 heteroatoms. The van der Waals surface area contributed by atoms with Gasteiger partial charge in [0.25, 0.3) is 0 Å². The molecule has 0 aromatic heterocycles. The minimum atomic E-state index is 0.349. The summed E-state index contributed by atoms with van der Waals surface area (Å²) in [5.41, 5.74) is 1.32. The molecule has 0 fully saturated rings. The lowest BCUT2D eigenvalue weighted by molar-refractivity contribution is 0.157. The Hall–Kier alpha value is -1.22. The Labute approximate surface area is 116 Å². The molecule has 0 spiro atoms. The van der Waals surface area contributed by atoms with Crippen LogP contribution in [-0.4, -0.2) is 30.3 Å². The van der Waals surface area contributed by atoms with Crippen LogP contribution < -0.4 is 9.47 Å². The third-order valence-corrected chi connectivity index (χ3v) is 4.06.